The molecule has 144 valence electrons. The number of hydrogen-bond acceptors (Lipinski definition) is 5. The number of ether oxygens (including phenoxy) is 1. The molecule has 1 aromatic rings. The number of carbonyl (C=O) groups excluding carboxylic acids is 1. The van der Waals surface area contributed by atoms with Crippen molar-refractivity contribution >= 4 is 22.2 Å². The van der Waals surface area contributed by atoms with Crippen LogP contribution in [0.1, 0.15) is 37.8 Å². The highest BCUT2D eigenvalue weighted by atomic mass is 32.2. The number of carbonyl (C=O) groups is 1. The molecule has 1 aliphatic heterocycles. The van der Waals surface area contributed by atoms with Crippen molar-refractivity contribution < 1.29 is 17.9 Å². The van der Waals surface area contributed by atoms with E-state index in [1.165, 1.54) is 0 Å². The minimum atomic E-state index is -3.33. The van der Waals surface area contributed by atoms with E-state index in [2.05, 4.69) is 4.90 Å². The van der Waals surface area contributed by atoms with Crippen molar-refractivity contribution in [1.29, 1.82) is 0 Å². The predicted octanol–water partition coefficient (Wildman–Crippen LogP) is 2.82. The number of allylic oxidation sites excluding steroid dienone is 2. The zero-order valence-corrected chi connectivity index (χ0v) is 16.8. The van der Waals surface area contributed by atoms with Gasteiger partial charge in [0.05, 0.1) is 4.91 Å². The van der Waals surface area contributed by atoms with Crippen molar-refractivity contribution in [3.05, 3.63) is 40.3 Å². The largest absolute Gasteiger partial charge is 0.463 e. The second kappa shape index (κ2) is 8.68. The van der Waals surface area contributed by atoms with Crippen LogP contribution in [0.2, 0.25) is 0 Å². The third-order valence-electron chi connectivity index (χ3n) is 5.05. The Bertz CT molecular complexity index is 766. The van der Waals surface area contributed by atoms with E-state index in [1.807, 2.05) is 32.2 Å². The fraction of sp³-hybridized carbons (Fsp3) is 0.526. The highest BCUT2D eigenvalue weighted by molar-refractivity contribution is 7.93. The second-order valence-electron chi connectivity index (χ2n) is 6.68. The molecule has 7 heteroatoms. The lowest BCUT2D eigenvalue weighted by Gasteiger charge is -2.38. The highest BCUT2D eigenvalue weighted by Gasteiger charge is 2.31. The van der Waals surface area contributed by atoms with Gasteiger partial charge in [-0.25, -0.2) is 8.42 Å². The summed E-state index contributed by atoms with van der Waals surface area (Å²) in [6, 6.07) is 6.33. The maximum Gasteiger partial charge on any atom is 0.293 e. The third kappa shape index (κ3) is 4.45. The maximum absolute atomic E-state index is 12.5. The van der Waals surface area contributed by atoms with Crippen molar-refractivity contribution in [2.75, 3.05) is 25.0 Å². The lowest BCUT2D eigenvalue weighted by Crippen LogP contribution is -2.45. The fourth-order valence-corrected chi connectivity index (χ4v) is 4.71. The SMILES string of the molecule is C/C=C(/C)S(=O)(=O)N1CCC(N(C)c2ccc(C)cc2COC=O)CC1. The second-order valence-corrected chi connectivity index (χ2v) is 8.80. The van der Waals surface area contributed by atoms with Gasteiger partial charge >= 0.3 is 0 Å². The van der Waals surface area contributed by atoms with E-state index >= 15 is 0 Å². The van der Waals surface area contributed by atoms with E-state index in [9.17, 15) is 13.2 Å². The molecule has 0 atom stereocenters. The van der Waals surface area contributed by atoms with Gasteiger partial charge in [-0.1, -0.05) is 23.8 Å². The van der Waals surface area contributed by atoms with Gasteiger partial charge in [0, 0.05) is 37.4 Å². The van der Waals surface area contributed by atoms with Gasteiger partial charge in [0.1, 0.15) is 6.61 Å². The number of sulfonamides is 1. The molecule has 0 radical (unpaired) electrons. The van der Waals surface area contributed by atoms with Gasteiger partial charge in [0.15, 0.2) is 0 Å². The molecule has 26 heavy (non-hydrogen) atoms. The Kier molecular flexibility index (Phi) is 6.83. The zero-order valence-electron chi connectivity index (χ0n) is 15.9. The van der Waals surface area contributed by atoms with Crippen LogP contribution in [0.25, 0.3) is 0 Å². The first-order valence-corrected chi connectivity index (χ1v) is 10.3. The first-order valence-electron chi connectivity index (χ1n) is 8.82. The number of benzene rings is 1. The summed E-state index contributed by atoms with van der Waals surface area (Å²) in [5.41, 5.74) is 3.08. The molecule has 0 saturated carbocycles. The molecule has 1 aliphatic rings. The Hall–Kier alpha value is -1.86. The molecular formula is C19H28N2O4S. The Morgan fingerprint density at radius 1 is 1.35 bits per heavy atom. The summed E-state index contributed by atoms with van der Waals surface area (Å²) in [7, 11) is -1.32. The lowest BCUT2D eigenvalue weighted by atomic mass is 10.0. The van der Waals surface area contributed by atoms with Crippen LogP contribution in [0, 0.1) is 6.92 Å². The van der Waals surface area contributed by atoms with Gasteiger partial charge < -0.3 is 9.64 Å². The van der Waals surface area contributed by atoms with E-state index in [1.54, 1.807) is 24.2 Å². The summed E-state index contributed by atoms with van der Waals surface area (Å²) in [5, 5.41) is 0. The van der Waals surface area contributed by atoms with Gasteiger partial charge in [-0.05, 0) is 39.7 Å². The Labute approximate surface area is 156 Å². The van der Waals surface area contributed by atoms with Gasteiger partial charge in [-0.15, -0.1) is 0 Å². The first-order chi connectivity index (χ1) is 12.3. The Morgan fingerprint density at radius 3 is 2.58 bits per heavy atom. The minimum Gasteiger partial charge on any atom is -0.463 e. The molecule has 0 bridgehead atoms. The average molecular weight is 381 g/mol. The molecule has 2 rings (SSSR count). The number of rotatable bonds is 7. The van der Waals surface area contributed by atoms with Crippen molar-refractivity contribution in [3.8, 4) is 0 Å². The summed E-state index contributed by atoms with van der Waals surface area (Å²) in [6.45, 7) is 7.09. The number of hydrogen-bond donors (Lipinski definition) is 0. The number of piperidine rings is 1. The quantitative estimate of drug-likeness (QED) is 0.681. The van der Waals surface area contributed by atoms with E-state index in [-0.39, 0.29) is 12.6 Å². The van der Waals surface area contributed by atoms with Crippen molar-refractivity contribution in [2.45, 2.75) is 46.3 Å². The molecule has 1 fully saturated rings. The van der Waals surface area contributed by atoms with Gasteiger partial charge in [-0.2, -0.15) is 4.31 Å². The Balaban J connectivity index is 2.11. The normalized spacial score (nSPS) is 17.2. The smallest absolute Gasteiger partial charge is 0.293 e. The van der Waals surface area contributed by atoms with Crippen LogP contribution in [0.4, 0.5) is 5.69 Å². The summed E-state index contributed by atoms with van der Waals surface area (Å²) in [5.74, 6) is 0. The van der Waals surface area contributed by atoms with Crippen molar-refractivity contribution in [1.82, 2.24) is 4.31 Å². The van der Waals surface area contributed by atoms with Gasteiger partial charge in [0.2, 0.25) is 10.0 Å². The number of nitrogens with zero attached hydrogens (tertiary/aromatic N) is 2. The van der Waals surface area contributed by atoms with Crippen molar-refractivity contribution in [3.63, 3.8) is 0 Å². The van der Waals surface area contributed by atoms with Crippen LogP contribution < -0.4 is 4.90 Å². The lowest BCUT2D eigenvalue weighted by molar-refractivity contribution is -0.129. The van der Waals surface area contributed by atoms with E-state index in [0.717, 1.165) is 29.7 Å². The summed E-state index contributed by atoms with van der Waals surface area (Å²) in [4.78, 5) is 13.1. The first kappa shape index (κ1) is 20.5. The molecule has 0 aliphatic carbocycles. The number of aryl methyl sites for hydroxylation is 1. The van der Waals surface area contributed by atoms with Gasteiger partial charge in [-0.3, -0.25) is 4.79 Å². The molecule has 1 heterocycles. The van der Waals surface area contributed by atoms with Crippen LogP contribution in [0.15, 0.2) is 29.2 Å². The van der Waals surface area contributed by atoms with Crippen LogP contribution in [0.3, 0.4) is 0 Å². The topological polar surface area (TPSA) is 66.9 Å². The van der Waals surface area contributed by atoms with Gasteiger partial charge in [0.25, 0.3) is 6.47 Å². The van der Waals surface area contributed by atoms with Crippen LogP contribution in [-0.4, -0.2) is 45.4 Å². The maximum atomic E-state index is 12.5. The standard InChI is InChI=1S/C19H28N2O4S/c1-5-16(3)26(23,24)21-10-8-18(9-11-21)20(4)19-7-6-15(2)12-17(19)13-25-14-22/h5-7,12,14,18H,8-11,13H2,1-4H3/b16-5-. The zero-order chi connectivity index (χ0) is 19.3. The van der Waals surface area contributed by atoms with Crippen LogP contribution in [-0.2, 0) is 26.2 Å². The molecule has 6 nitrogen and oxygen atoms in total. The minimum absolute atomic E-state index is 0.235. The van der Waals surface area contributed by atoms with Crippen LogP contribution in [0.5, 0.6) is 0 Å². The van der Waals surface area contributed by atoms with Crippen LogP contribution >= 0.6 is 0 Å². The molecule has 0 spiro atoms. The average Bonchev–Trinajstić information content (AvgIpc) is 2.65. The summed E-state index contributed by atoms with van der Waals surface area (Å²) < 4.78 is 31.5. The molecule has 0 amide bonds. The predicted molar refractivity (Wildman–Crippen MR) is 103 cm³/mol. The van der Waals surface area contributed by atoms with E-state index in [4.69, 9.17) is 4.74 Å². The molecule has 0 unspecified atom stereocenters. The molecule has 0 aromatic heterocycles. The van der Waals surface area contributed by atoms with E-state index < -0.39 is 10.0 Å². The third-order valence-corrected chi connectivity index (χ3v) is 7.14. The highest BCUT2D eigenvalue weighted by Crippen LogP contribution is 2.28. The molecule has 0 N–H and O–H groups in total. The number of anilines is 1. The fourth-order valence-electron chi connectivity index (χ4n) is 3.32. The Morgan fingerprint density at radius 2 is 2.00 bits per heavy atom. The summed E-state index contributed by atoms with van der Waals surface area (Å²) >= 11 is 0. The molecular weight excluding hydrogens is 352 g/mol. The monoisotopic (exact) mass is 380 g/mol. The van der Waals surface area contributed by atoms with Crippen molar-refractivity contribution in [2.24, 2.45) is 0 Å². The molecule has 1 saturated heterocycles. The van der Waals surface area contributed by atoms with E-state index in [0.29, 0.717) is 24.5 Å². The summed E-state index contributed by atoms with van der Waals surface area (Å²) in [6.07, 6.45) is 3.16. The molecule has 1 aromatic carbocycles.